The minimum atomic E-state index is -1.16. The number of carbonyl (C=O) groups is 2. The molecule has 1 aromatic rings. The second-order valence-electron chi connectivity index (χ2n) is 6.51. The van der Waals surface area contributed by atoms with Gasteiger partial charge in [-0.05, 0) is 25.3 Å². The van der Waals surface area contributed by atoms with Crippen molar-refractivity contribution in [2.24, 2.45) is 0 Å². The zero-order chi connectivity index (χ0) is 17.8. The number of benzene rings is 1. The number of carboxylic acids is 1. The van der Waals surface area contributed by atoms with Gasteiger partial charge in [-0.25, -0.2) is 0 Å². The maximum atomic E-state index is 11.8. The van der Waals surface area contributed by atoms with Crippen LogP contribution in [-0.4, -0.2) is 17.0 Å². The van der Waals surface area contributed by atoms with Crippen LogP contribution in [0.4, 0.5) is 0 Å². The SMILES string of the molecule is CCCCCCCCCC(C)(OC(=O)CC(=O)O)c1ccccc1.[H-].[H-].[Li+].[Na+]. The molecule has 1 unspecified atom stereocenters. The summed E-state index contributed by atoms with van der Waals surface area (Å²) < 4.78 is 5.56. The number of hydrogen-bond donors (Lipinski definition) is 1. The van der Waals surface area contributed by atoms with Crippen molar-refractivity contribution in [3.8, 4) is 0 Å². The van der Waals surface area contributed by atoms with Crippen molar-refractivity contribution in [1.29, 1.82) is 0 Å². The van der Waals surface area contributed by atoms with Gasteiger partial charge < -0.3 is 12.7 Å². The first-order valence-corrected chi connectivity index (χ1v) is 8.97. The van der Waals surface area contributed by atoms with Crippen molar-refractivity contribution in [3.63, 3.8) is 0 Å². The average molecular weight is 366 g/mol. The number of aliphatic carboxylic acids is 1. The Labute approximate surface area is 194 Å². The van der Waals surface area contributed by atoms with Gasteiger partial charge in [-0.1, -0.05) is 75.8 Å². The van der Waals surface area contributed by atoms with Gasteiger partial charge >= 0.3 is 60.4 Å². The first-order valence-electron chi connectivity index (χ1n) is 8.97. The van der Waals surface area contributed by atoms with Crippen LogP contribution in [0.5, 0.6) is 0 Å². The molecule has 0 saturated heterocycles. The molecular weight excluding hydrogens is 334 g/mol. The second-order valence-corrected chi connectivity index (χ2v) is 6.51. The summed E-state index contributed by atoms with van der Waals surface area (Å²) in [7, 11) is 0. The first-order chi connectivity index (χ1) is 11.5. The quantitative estimate of drug-likeness (QED) is 0.230. The Morgan fingerprint density at radius 3 is 2.12 bits per heavy atom. The summed E-state index contributed by atoms with van der Waals surface area (Å²) in [6.07, 6.45) is 8.40. The molecule has 0 saturated carbocycles. The molecule has 0 bridgehead atoms. The molecule has 1 rings (SSSR count). The van der Waals surface area contributed by atoms with Crippen LogP contribution >= 0.6 is 0 Å². The van der Waals surface area contributed by atoms with Crippen LogP contribution in [-0.2, 0) is 19.9 Å². The topological polar surface area (TPSA) is 63.6 Å². The molecule has 1 aromatic carbocycles. The third-order valence-corrected chi connectivity index (χ3v) is 4.28. The smallest absolute Gasteiger partial charge is 1.00 e. The van der Waals surface area contributed by atoms with Crippen molar-refractivity contribution in [3.05, 3.63) is 35.9 Å². The van der Waals surface area contributed by atoms with Crippen molar-refractivity contribution in [1.82, 2.24) is 0 Å². The Morgan fingerprint density at radius 1 is 1.04 bits per heavy atom. The van der Waals surface area contributed by atoms with E-state index < -0.39 is 24.0 Å². The van der Waals surface area contributed by atoms with E-state index in [0.29, 0.717) is 6.42 Å². The normalized spacial score (nSPS) is 12.2. The molecule has 0 spiro atoms. The van der Waals surface area contributed by atoms with E-state index in [1.807, 2.05) is 37.3 Å². The van der Waals surface area contributed by atoms with E-state index in [1.165, 1.54) is 32.1 Å². The Kier molecular flexibility index (Phi) is 17.0. The zero-order valence-corrected chi connectivity index (χ0v) is 18.9. The van der Waals surface area contributed by atoms with Crippen LogP contribution in [0.15, 0.2) is 30.3 Å². The zero-order valence-electron chi connectivity index (χ0n) is 18.9. The molecule has 4 nitrogen and oxygen atoms in total. The molecular formula is C20H32LiNaO4. The van der Waals surface area contributed by atoms with E-state index in [4.69, 9.17) is 9.84 Å². The second kappa shape index (κ2) is 15.8. The molecule has 0 aliphatic carbocycles. The Morgan fingerprint density at radius 2 is 1.58 bits per heavy atom. The van der Waals surface area contributed by atoms with Crippen LogP contribution < -0.4 is 48.4 Å². The molecule has 0 radical (unpaired) electrons. The maximum Gasteiger partial charge on any atom is 1.00 e. The number of ether oxygens (including phenoxy) is 1. The van der Waals surface area contributed by atoms with Gasteiger partial charge in [0.2, 0.25) is 0 Å². The molecule has 138 valence electrons. The van der Waals surface area contributed by atoms with Gasteiger partial charge in [0.1, 0.15) is 12.0 Å². The third kappa shape index (κ3) is 11.5. The minimum Gasteiger partial charge on any atom is -1.00 e. The van der Waals surface area contributed by atoms with E-state index in [9.17, 15) is 9.59 Å². The van der Waals surface area contributed by atoms with Crippen molar-refractivity contribution < 1.29 is 70.7 Å². The number of carbonyl (C=O) groups excluding carboxylic acids is 1. The van der Waals surface area contributed by atoms with Gasteiger partial charge in [0.05, 0.1) is 0 Å². The molecule has 0 heterocycles. The van der Waals surface area contributed by atoms with Crippen LogP contribution in [0.2, 0.25) is 0 Å². The van der Waals surface area contributed by atoms with Crippen molar-refractivity contribution in [2.75, 3.05) is 0 Å². The van der Waals surface area contributed by atoms with Gasteiger partial charge in [-0.3, -0.25) is 9.59 Å². The van der Waals surface area contributed by atoms with Gasteiger partial charge in [-0.15, -0.1) is 0 Å². The molecule has 0 aromatic heterocycles. The Hall–Kier alpha value is -0.243. The predicted molar refractivity (Wildman–Crippen MR) is 97.0 cm³/mol. The van der Waals surface area contributed by atoms with E-state index in [0.717, 1.165) is 18.4 Å². The molecule has 1 atom stereocenters. The van der Waals surface area contributed by atoms with Crippen molar-refractivity contribution >= 4 is 11.9 Å². The number of hydrogen-bond acceptors (Lipinski definition) is 3. The van der Waals surface area contributed by atoms with Gasteiger partial charge in [-0.2, -0.15) is 0 Å². The predicted octanol–water partition coefficient (Wildman–Crippen LogP) is -0.707. The molecule has 26 heavy (non-hydrogen) atoms. The summed E-state index contributed by atoms with van der Waals surface area (Å²) in [5, 5.41) is 8.77. The Bertz CT molecular complexity index is 520. The maximum absolute atomic E-state index is 11.8. The minimum absolute atomic E-state index is 0. The Balaban J connectivity index is -0.000000720. The number of rotatable bonds is 12. The third-order valence-electron chi connectivity index (χ3n) is 4.28. The van der Waals surface area contributed by atoms with Gasteiger partial charge in [0, 0.05) is 0 Å². The van der Waals surface area contributed by atoms with Crippen LogP contribution in [0, 0.1) is 0 Å². The van der Waals surface area contributed by atoms with Gasteiger partial charge in [0.15, 0.2) is 0 Å². The summed E-state index contributed by atoms with van der Waals surface area (Å²) in [4.78, 5) is 22.6. The van der Waals surface area contributed by atoms with Crippen LogP contribution in [0.1, 0.15) is 80.1 Å². The molecule has 0 fully saturated rings. The van der Waals surface area contributed by atoms with Crippen molar-refractivity contribution in [2.45, 2.75) is 77.2 Å². The van der Waals surface area contributed by atoms with Crippen LogP contribution in [0.3, 0.4) is 0 Å². The van der Waals surface area contributed by atoms with Gasteiger partial charge in [0.25, 0.3) is 0 Å². The largest absolute Gasteiger partial charge is 1.00 e. The summed E-state index contributed by atoms with van der Waals surface area (Å²) in [6, 6.07) is 9.58. The number of esters is 1. The molecule has 0 amide bonds. The van der Waals surface area contributed by atoms with E-state index in [2.05, 4.69) is 6.92 Å². The van der Waals surface area contributed by atoms with E-state index in [-0.39, 0.29) is 51.3 Å². The molecule has 6 heteroatoms. The number of unbranched alkanes of at least 4 members (excludes halogenated alkanes) is 6. The summed E-state index contributed by atoms with van der Waals surface area (Å²) in [5.41, 5.74) is 0.145. The summed E-state index contributed by atoms with van der Waals surface area (Å²) >= 11 is 0. The molecule has 1 N–H and O–H groups in total. The van der Waals surface area contributed by atoms with E-state index in [1.54, 1.807) is 0 Å². The van der Waals surface area contributed by atoms with E-state index >= 15 is 0 Å². The molecule has 0 aliphatic heterocycles. The first kappa shape index (κ1) is 28.0. The fourth-order valence-corrected chi connectivity index (χ4v) is 2.88. The summed E-state index contributed by atoms with van der Waals surface area (Å²) in [5.74, 6) is -1.84. The summed E-state index contributed by atoms with van der Waals surface area (Å²) in [6.45, 7) is 4.08. The average Bonchev–Trinajstić information content (AvgIpc) is 2.54. The van der Waals surface area contributed by atoms with Crippen LogP contribution in [0.25, 0.3) is 0 Å². The monoisotopic (exact) mass is 366 g/mol. The fraction of sp³-hybridized carbons (Fsp3) is 0.600. The fourth-order valence-electron chi connectivity index (χ4n) is 2.88. The number of carboxylic acid groups (broad SMARTS) is 1. The molecule has 0 aliphatic rings. The standard InChI is InChI=1S/C20H30O4.Li.Na.2H/c1-3-4-5-6-7-8-12-15-20(2,17-13-10-9-11-14-17)24-19(23)16-18(21)22;;;;/h9-11,13-14H,3-8,12,15-16H2,1-2H3,(H,21,22);;;;/q;2*+1;2*-1.